The van der Waals surface area contributed by atoms with Crippen molar-refractivity contribution in [2.45, 2.75) is 13.3 Å². The van der Waals surface area contributed by atoms with Crippen molar-refractivity contribution in [1.29, 1.82) is 0 Å². The van der Waals surface area contributed by atoms with E-state index in [-0.39, 0.29) is 5.82 Å². The third-order valence-corrected chi connectivity index (χ3v) is 4.17. The molecule has 3 aromatic carbocycles. The summed E-state index contributed by atoms with van der Waals surface area (Å²) in [4.78, 5) is 0. The monoisotopic (exact) mass is 310 g/mol. The van der Waals surface area contributed by atoms with Crippen LogP contribution < -0.4 is 9.47 Å². The first-order valence-corrected chi connectivity index (χ1v) is 7.52. The summed E-state index contributed by atoms with van der Waals surface area (Å²) in [6.07, 6.45) is 0.707. The highest BCUT2D eigenvalue weighted by molar-refractivity contribution is 5.96. The molecule has 3 heteroatoms. The second-order valence-corrected chi connectivity index (χ2v) is 5.52. The largest absolute Gasteiger partial charge is 0.496 e. The van der Waals surface area contributed by atoms with Gasteiger partial charge >= 0.3 is 0 Å². The van der Waals surface area contributed by atoms with Gasteiger partial charge in [0, 0.05) is 22.8 Å². The molecule has 0 N–H and O–H groups in total. The molecule has 2 nitrogen and oxygen atoms in total. The molecule has 23 heavy (non-hydrogen) atoms. The van der Waals surface area contributed by atoms with Gasteiger partial charge < -0.3 is 9.47 Å². The van der Waals surface area contributed by atoms with Gasteiger partial charge in [0.2, 0.25) is 0 Å². The second kappa shape index (κ2) is 6.29. The highest BCUT2D eigenvalue weighted by Crippen LogP contribution is 2.41. The van der Waals surface area contributed by atoms with Crippen LogP contribution in [0.2, 0.25) is 0 Å². The lowest BCUT2D eigenvalue weighted by Gasteiger charge is -2.19. The van der Waals surface area contributed by atoms with Crippen molar-refractivity contribution in [1.82, 2.24) is 0 Å². The first kappa shape index (κ1) is 15.3. The zero-order valence-electron chi connectivity index (χ0n) is 13.5. The maximum atomic E-state index is 13.8. The Hall–Kier alpha value is -2.55. The Morgan fingerprint density at radius 3 is 2.22 bits per heavy atom. The average Bonchev–Trinajstić information content (AvgIpc) is 2.57. The van der Waals surface area contributed by atoms with E-state index in [0.717, 1.165) is 27.6 Å². The standard InChI is InChI=1S/C20H19FO2/c1-13-17(11-14-7-5-4-6-8-14)20(23-3)18-12-15(21)9-10-16(18)19(13)22-2/h4-10,12H,11H2,1-3H3. The fourth-order valence-corrected chi connectivity index (χ4v) is 3.08. The summed E-state index contributed by atoms with van der Waals surface area (Å²) < 4.78 is 25.0. The molecule has 0 atom stereocenters. The number of hydrogen-bond donors (Lipinski definition) is 0. The van der Waals surface area contributed by atoms with Crippen molar-refractivity contribution in [2.75, 3.05) is 14.2 Å². The van der Waals surface area contributed by atoms with Crippen LogP contribution in [0.1, 0.15) is 16.7 Å². The lowest BCUT2D eigenvalue weighted by Crippen LogP contribution is -2.02. The number of rotatable bonds is 4. The highest BCUT2D eigenvalue weighted by atomic mass is 19.1. The van der Waals surface area contributed by atoms with E-state index in [0.29, 0.717) is 12.2 Å². The maximum absolute atomic E-state index is 13.8. The first-order chi connectivity index (χ1) is 11.2. The molecule has 3 aromatic rings. The van der Waals surface area contributed by atoms with E-state index in [2.05, 4.69) is 12.1 Å². The SMILES string of the molecule is COc1c(C)c(Cc2ccccc2)c(OC)c2cc(F)ccc12. The minimum atomic E-state index is -0.285. The molecule has 3 rings (SSSR count). The Bertz CT molecular complexity index is 841. The molecule has 0 aliphatic carbocycles. The molecule has 0 aliphatic rings. The predicted molar refractivity (Wildman–Crippen MR) is 91.0 cm³/mol. The van der Waals surface area contributed by atoms with Gasteiger partial charge in [-0.3, -0.25) is 0 Å². The van der Waals surface area contributed by atoms with Gasteiger partial charge in [-0.05, 0) is 36.2 Å². The molecule has 0 spiro atoms. The zero-order chi connectivity index (χ0) is 16.4. The Kier molecular flexibility index (Phi) is 4.20. The predicted octanol–water partition coefficient (Wildman–Crippen LogP) is 4.90. The summed E-state index contributed by atoms with van der Waals surface area (Å²) in [6, 6.07) is 14.8. The first-order valence-electron chi connectivity index (χ1n) is 7.52. The molecule has 0 bridgehead atoms. The van der Waals surface area contributed by atoms with E-state index in [1.807, 2.05) is 25.1 Å². The molecule has 0 amide bonds. The molecule has 0 aromatic heterocycles. The average molecular weight is 310 g/mol. The summed E-state index contributed by atoms with van der Waals surface area (Å²) in [5.41, 5.74) is 3.22. The summed E-state index contributed by atoms with van der Waals surface area (Å²) in [5, 5.41) is 1.60. The Labute approximate surface area is 135 Å². The topological polar surface area (TPSA) is 18.5 Å². The van der Waals surface area contributed by atoms with Crippen LogP contribution in [0.4, 0.5) is 4.39 Å². The van der Waals surface area contributed by atoms with Gasteiger partial charge in [-0.1, -0.05) is 30.3 Å². The highest BCUT2D eigenvalue weighted by Gasteiger charge is 2.19. The van der Waals surface area contributed by atoms with Crippen LogP contribution in [0.3, 0.4) is 0 Å². The fraction of sp³-hybridized carbons (Fsp3) is 0.200. The van der Waals surface area contributed by atoms with Crippen molar-refractivity contribution in [3.8, 4) is 11.5 Å². The van der Waals surface area contributed by atoms with Gasteiger partial charge in [0.05, 0.1) is 14.2 Å². The van der Waals surface area contributed by atoms with Crippen molar-refractivity contribution in [3.63, 3.8) is 0 Å². The molecule has 0 radical (unpaired) electrons. The smallest absolute Gasteiger partial charge is 0.130 e. The van der Waals surface area contributed by atoms with E-state index in [4.69, 9.17) is 9.47 Å². The van der Waals surface area contributed by atoms with E-state index in [1.165, 1.54) is 17.7 Å². The van der Waals surface area contributed by atoms with Crippen molar-refractivity contribution in [3.05, 3.63) is 71.0 Å². The third kappa shape index (κ3) is 2.74. The molecular formula is C20H19FO2. The Morgan fingerprint density at radius 1 is 0.870 bits per heavy atom. The molecule has 0 unspecified atom stereocenters. The van der Waals surface area contributed by atoms with Crippen LogP contribution >= 0.6 is 0 Å². The van der Waals surface area contributed by atoms with Crippen molar-refractivity contribution in [2.24, 2.45) is 0 Å². The van der Waals surface area contributed by atoms with Crippen LogP contribution in [0.15, 0.2) is 48.5 Å². The van der Waals surface area contributed by atoms with Gasteiger partial charge in [0.25, 0.3) is 0 Å². The lowest BCUT2D eigenvalue weighted by atomic mass is 9.94. The van der Waals surface area contributed by atoms with E-state index >= 15 is 0 Å². The van der Waals surface area contributed by atoms with Gasteiger partial charge in [-0.2, -0.15) is 0 Å². The summed E-state index contributed by atoms with van der Waals surface area (Å²) in [5.74, 6) is 1.20. The summed E-state index contributed by atoms with van der Waals surface area (Å²) >= 11 is 0. The molecule has 0 aliphatic heterocycles. The maximum Gasteiger partial charge on any atom is 0.130 e. The van der Waals surface area contributed by atoms with Crippen LogP contribution in [-0.2, 0) is 6.42 Å². The van der Waals surface area contributed by atoms with E-state index in [1.54, 1.807) is 20.3 Å². The molecular weight excluding hydrogens is 291 g/mol. The van der Waals surface area contributed by atoms with Gasteiger partial charge in [-0.15, -0.1) is 0 Å². The van der Waals surface area contributed by atoms with Crippen molar-refractivity contribution < 1.29 is 13.9 Å². The number of hydrogen-bond acceptors (Lipinski definition) is 2. The van der Waals surface area contributed by atoms with Crippen molar-refractivity contribution >= 4 is 10.8 Å². The Morgan fingerprint density at radius 2 is 1.57 bits per heavy atom. The van der Waals surface area contributed by atoms with Gasteiger partial charge in [0.1, 0.15) is 17.3 Å². The minimum Gasteiger partial charge on any atom is -0.496 e. The number of ether oxygens (including phenoxy) is 2. The third-order valence-electron chi connectivity index (χ3n) is 4.17. The zero-order valence-corrected chi connectivity index (χ0v) is 13.5. The van der Waals surface area contributed by atoms with Gasteiger partial charge in [0.15, 0.2) is 0 Å². The van der Waals surface area contributed by atoms with Crippen LogP contribution in [0.25, 0.3) is 10.8 Å². The molecule has 118 valence electrons. The quantitative estimate of drug-likeness (QED) is 0.682. The van der Waals surface area contributed by atoms with Crippen LogP contribution in [-0.4, -0.2) is 14.2 Å². The van der Waals surface area contributed by atoms with Crippen LogP contribution in [0, 0.1) is 12.7 Å². The number of methoxy groups -OCH3 is 2. The van der Waals surface area contributed by atoms with Gasteiger partial charge in [-0.25, -0.2) is 4.39 Å². The minimum absolute atomic E-state index is 0.285. The second-order valence-electron chi connectivity index (χ2n) is 5.52. The molecule has 0 heterocycles. The Balaban J connectivity index is 2.29. The summed E-state index contributed by atoms with van der Waals surface area (Å²) in [6.45, 7) is 2.02. The molecule has 0 saturated heterocycles. The molecule has 0 saturated carbocycles. The summed E-state index contributed by atoms with van der Waals surface area (Å²) in [7, 11) is 3.27. The van der Waals surface area contributed by atoms with Crippen LogP contribution in [0.5, 0.6) is 11.5 Å². The molecule has 0 fully saturated rings. The normalized spacial score (nSPS) is 10.8. The number of fused-ring (bicyclic) bond motifs is 1. The van der Waals surface area contributed by atoms with E-state index < -0.39 is 0 Å². The number of benzene rings is 3. The fourth-order valence-electron chi connectivity index (χ4n) is 3.08. The number of halogens is 1. The lowest BCUT2D eigenvalue weighted by molar-refractivity contribution is 0.404. The van der Waals surface area contributed by atoms with E-state index in [9.17, 15) is 4.39 Å².